The van der Waals surface area contributed by atoms with Crippen molar-refractivity contribution in [2.75, 3.05) is 26.8 Å². The SMILES string of the molecule is CC[C@]1(CO)CCCN(C(=O)c2sc(C)cc2OC)C1. The molecule has 0 spiro atoms. The number of carbonyl (C=O) groups is 1. The van der Waals surface area contributed by atoms with Crippen LogP contribution in [-0.2, 0) is 0 Å². The molecular weight excluding hydrogens is 274 g/mol. The quantitative estimate of drug-likeness (QED) is 0.929. The van der Waals surface area contributed by atoms with E-state index in [2.05, 4.69) is 6.92 Å². The number of nitrogens with zero attached hydrogens (tertiary/aromatic N) is 1. The van der Waals surface area contributed by atoms with Crippen molar-refractivity contribution in [3.05, 3.63) is 15.8 Å². The van der Waals surface area contributed by atoms with E-state index in [1.165, 1.54) is 11.3 Å². The van der Waals surface area contributed by atoms with Gasteiger partial charge in [-0.25, -0.2) is 0 Å². The van der Waals surface area contributed by atoms with Crippen LogP contribution in [0.1, 0.15) is 40.7 Å². The van der Waals surface area contributed by atoms with Gasteiger partial charge in [0.15, 0.2) is 0 Å². The standard InChI is InChI=1S/C15H23NO3S/c1-4-15(10-17)6-5-7-16(9-15)14(18)13-12(19-3)8-11(2)20-13/h8,17H,4-7,9-10H2,1-3H3/t15-/m0/s1. The van der Waals surface area contributed by atoms with Gasteiger partial charge >= 0.3 is 0 Å². The average Bonchev–Trinajstić information content (AvgIpc) is 2.87. The maximum absolute atomic E-state index is 12.7. The third-order valence-electron chi connectivity index (χ3n) is 4.27. The van der Waals surface area contributed by atoms with E-state index >= 15 is 0 Å². The third kappa shape index (κ3) is 2.83. The number of carbonyl (C=O) groups excluding carboxylic acids is 1. The third-order valence-corrected chi connectivity index (χ3v) is 5.29. The van der Waals surface area contributed by atoms with Crippen LogP contribution in [0.2, 0.25) is 0 Å². The van der Waals surface area contributed by atoms with E-state index in [4.69, 9.17) is 4.74 Å². The van der Waals surface area contributed by atoms with Gasteiger partial charge in [0.25, 0.3) is 5.91 Å². The van der Waals surface area contributed by atoms with Crippen molar-refractivity contribution in [1.82, 2.24) is 4.90 Å². The van der Waals surface area contributed by atoms with E-state index in [1.54, 1.807) is 7.11 Å². The fourth-order valence-electron chi connectivity index (χ4n) is 2.85. The van der Waals surface area contributed by atoms with E-state index in [-0.39, 0.29) is 17.9 Å². The minimum Gasteiger partial charge on any atom is -0.495 e. The molecule has 1 saturated heterocycles. The smallest absolute Gasteiger partial charge is 0.267 e. The highest BCUT2D eigenvalue weighted by Crippen LogP contribution is 2.36. The minimum atomic E-state index is -0.131. The van der Waals surface area contributed by atoms with E-state index in [1.807, 2.05) is 17.9 Å². The zero-order chi connectivity index (χ0) is 14.8. The predicted octanol–water partition coefficient (Wildman–Crippen LogP) is 2.69. The van der Waals surface area contributed by atoms with Gasteiger partial charge in [-0.3, -0.25) is 4.79 Å². The van der Waals surface area contributed by atoms with Gasteiger partial charge in [0, 0.05) is 23.4 Å². The molecule has 1 aromatic heterocycles. The predicted molar refractivity (Wildman–Crippen MR) is 80.6 cm³/mol. The van der Waals surface area contributed by atoms with Crippen LogP contribution in [0.4, 0.5) is 0 Å². The van der Waals surface area contributed by atoms with Gasteiger partial charge in [0.2, 0.25) is 0 Å². The molecule has 1 aliphatic heterocycles. The number of amides is 1. The van der Waals surface area contributed by atoms with Crippen LogP contribution in [0.5, 0.6) is 5.75 Å². The van der Waals surface area contributed by atoms with Crippen molar-refractivity contribution in [2.24, 2.45) is 5.41 Å². The van der Waals surface area contributed by atoms with Crippen LogP contribution in [0.3, 0.4) is 0 Å². The minimum absolute atomic E-state index is 0.0333. The largest absolute Gasteiger partial charge is 0.495 e. The van der Waals surface area contributed by atoms with Gasteiger partial charge in [-0.2, -0.15) is 0 Å². The summed E-state index contributed by atoms with van der Waals surface area (Å²) in [7, 11) is 1.60. The van der Waals surface area contributed by atoms with Gasteiger partial charge in [-0.1, -0.05) is 6.92 Å². The second-order valence-corrected chi connectivity index (χ2v) is 6.85. The molecule has 0 unspecified atom stereocenters. The van der Waals surface area contributed by atoms with Gasteiger partial charge in [-0.05, 0) is 32.3 Å². The number of hydrogen-bond donors (Lipinski definition) is 1. The first-order valence-corrected chi connectivity index (χ1v) is 7.91. The van der Waals surface area contributed by atoms with Crippen molar-refractivity contribution in [3.8, 4) is 5.75 Å². The number of rotatable bonds is 4. The lowest BCUT2D eigenvalue weighted by molar-refractivity contribution is 0.0253. The summed E-state index contributed by atoms with van der Waals surface area (Å²) in [6.45, 7) is 5.61. The lowest BCUT2D eigenvalue weighted by Gasteiger charge is -2.41. The highest BCUT2D eigenvalue weighted by atomic mass is 32.1. The molecule has 1 atom stereocenters. The first-order valence-electron chi connectivity index (χ1n) is 7.10. The van der Waals surface area contributed by atoms with Crippen LogP contribution >= 0.6 is 11.3 Å². The topological polar surface area (TPSA) is 49.8 Å². The van der Waals surface area contributed by atoms with Gasteiger partial charge < -0.3 is 14.7 Å². The molecule has 1 amide bonds. The second-order valence-electron chi connectivity index (χ2n) is 5.60. The Morgan fingerprint density at radius 3 is 2.95 bits per heavy atom. The van der Waals surface area contributed by atoms with Crippen LogP contribution in [0, 0.1) is 12.3 Å². The normalized spacial score (nSPS) is 22.9. The van der Waals surface area contributed by atoms with Crippen molar-refractivity contribution in [3.63, 3.8) is 0 Å². The fraction of sp³-hybridized carbons (Fsp3) is 0.667. The summed E-state index contributed by atoms with van der Waals surface area (Å²) in [5.74, 6) is 0.695. The summed E-state index contributed by atoms with van der Waals surface area (Å²) < 4.78 is 5.30. The Morgan fingerprint density at radius 1 is 1.60 bits per heavy atom. The molecule has 1 fully saturated rings. The number of thiophene rings is 1. The Balaban J connectivity index is 2.20. The number of piperidine rings is 1. The summed E-state index contributed by atoms with van der Waals surface area (Å²) in [5, 5.41) is 9.66. The summed E-state index contributed by atoms with van der Waals surface area (Å²) >= 11 is 1.48. The first-order chi connectivity index (χ1) is 9.55. The van der Waals surface area contributed by atoms with Crippen molar-refractivity contribution >= 4 is 17.2 Å². The van der Waals surface area contributed by atoms with E-state index < -0.39 is 0 Å². The molecule has 5 heteroatoms. The average molecular weight is 297 g/mol. The lowest BCUT2D eigenvalue weighted by atomic mass is 9.78. The molecule has 4 nitrogen and oxygen atoms in total. The number of likely N-dealkylation sites (tertiary alicyclic amines) is 1. The molecule has 112 valence electrons. The molecule has 1 aliphatic rings. The van der Waals surface area contributed by atoms with E-state index in [0.29, 0.717) is 17.2 Å². The summed E-state index contributed by atoms with van der Waals surface area (Å²) in [6, 6.07) is 1.90. The molecule has 1 N–H and O–H groups in total. The number of aliphatic hydroxyl groups excluding tert-OH is 1. The fourth-order valence-corrected chi connectivity index (χ4v) is 3.79. The molecule has 0 bridgehead atoms. The van der Waals surface area contributed by atoms with Crippen LogP contribution in [-0.4, -0.2) is 42.7 Å². The molecule has 0 radical (unpaired) electrons. The highest BCUT2D eigenvalue weighted by Gasteiger charge is 2.36. The van der Waals surface area contributed by atoms with Crippen molar-refractivity contribution < 1.29 is 14.6 Å². The van der Waals surface area contributed by atoms with Gasteiger partial charge in [-0.15, -0.1) is 11.3 Å². The molecule has 0 aromatic carbocycles. The first kappa shape index (κ1) is 15.3. The summed E-state index contributed by atoms with van der Waals surface area (Å²) in [5.41, 5.74) is -0.131. The van der Waals surface area contributed by atoms with Crippen LogP contribution in [0.25, 0.3) is 0 Å². The Kier molecular flexibility index (Phi) is 4.70. The van der Waals surface area contributed by atoms with E-state index in [9.17, 15) is 9.90 Å². The van der Waals surface area contributed by atoms with E-state index in [0.717, 1.165) is 30.7 Å². The molecular formula is C15H23NO3S. The molecule has 2 rings (SSSR count). The summed E-state index contributed by atoms with van der Waals surface area (Å²) in [4.78, 5) is 16.3. The lowest BCUT2D eigenvalue weighted by Crippen LogP contribution is -2.47. The zero-order valence-electron chi connectivity index (χ0n) is 12.4. The molecule has 2 heterocycles. The maximum Gasteiger partial charge on any atom is 0.267 e. The Labute approximate surface area is 124 Å². The zero-order valence-corrected chi connectivity index (χ0v) is 13.3. The number of methoxy groups -OCH3 is 1. The van der Waals surface area contributed by atoms with Gasteiger partial charge in [0.05, 0.1) is 13.7 Å². The number of ether oxygens (including phenoxy) is 1. The number of aliphatic hydroxyl groups is 1. The highest BCUT2D eigenvalue weighted by molar-refractivity contribution is 7.14. The Bertz CT molecular complexity index is 479. The molecule has 0 saturated carbocycles. The Morgan fingerprint density at radius 2 is 2.35 bits per heavy atom. The monoisotopic (exact) mass is 297 g/mol. The van der Waals surface area contributed by atoms with Gasteiger partial charge in [0.1, 0.15) is 10.6 Å². The second kappa shape index (κ2) is 6.14. The molecule has 1 aromatic rings. The van der Waals surface area contributed by atoms with Crippen LogP contribution < -0.4 is 4.74 Å². The molecule has 20 heavy (non-hydrogen) atoms. The summed E-state index contributed by atoms with van der Waals surface area (Å²) in [6.07, 6.45) is 2.84. The van der Waals surface area contributed by atoms with Crippen LogP contribution in [0.15, 0.2) is 6.07 Å². The number of aryl methyl sites for hydroxylation is 1. The molecule has 0 aliphatic carbocycles. The maximum atomic E-state index is 12.7. The number of hydrogen-bond acceptors (Lipinski definition) is 4. The van der Waals surface area contributed by atoms with Crippen molar-refractivity contribution in [1.29, 1.82) is 0 Å². The van der Waals surface area contributed by atoms with Crippen molar-refractivity contribution in [2.45, 2.75) is 33.1 Å². The Hall–Kier alpha value is -1.07.